The first-order chi connectivity index (χ1) is 15.0. The molecule has 1 atom stereocenters. The van der Waals surface area contributed by atoms with Gasteiger partial charge in [-0.05, 0) is 55.5 Å². The summed E-state index contributed by atoms with van der Waals surface area (Å²) in [6.07, 6.45) is 2.94. The minimum Gasteiger partial charge on any atom is -0.493 e. The first-order valence-corrected chi connectivity index (χ1v) is 11.9. The molecule has 3 rings (SSSR count). The highest BCUT2D eigenvalue weighted by Gasteiger charge is 2.33. The van der Waals surface area contributed by atoms with Crippen LogP contribution in [0.4, 0.5) is 0 Å². The summed E-state index contributed by atoms with van der Waals surface area (Å²) in [5.41, 5.74) is 1.10. The van der Waals surface area contributed by atoms with Crippen LogP contribution < -0.4 is 14.8 Å². The molecule has 2 aromatic carbocycles. The molecule has 168 valence electrons. The molecule has 1 aliphatic heterocycles. The van der Waals surface area contributed by atoms with Crippen LogP contribution >= 0.6 is 0 Å². The van der Waals surface area contributed by atoms with E-state index in [-0.39, 0.29) is 23.3 Å². The third-order valence-electron chi connectivity index (χ3n) is 5.53. The summed E-state index contributed by atoms with van der Waals surface area (Å²) in [6.45, 7) is 1.20. The van der Waals surface area contributed by atoms with Gasteiger partial charge in [0.25, 0.3) is 0 Å². The lowest BCUT2D eigenvalue weighted by Gasteiger charge is -2.31. The SMILES string of the molecule is COc1ccc(CCCNC(=O)[C@H]2CCCN(S(=O)(=O)c3ccccc3)C2)cc1OC. The van der Waals surface area contributed by atoms with Crippen LogP contribution in [0.2, 0.25) is 0 Å². The Morgan fingerprint density at radius 1 is 1.10 bits per heavy atom. The average molecular weight is 447 g/mol. The summed E-state index contributed by atoms with van der Waals surface area (Å²) < 4.78 is 37.7. The van der Waals surface area contributed by atoms with Gasteiger partial charge in [0.05, 0.1) is 25.0 Å². The molecule has 0 aliphatic carbocycles. The topological polar surface area (TPSA) is 84.9 Å². The number of nitrogens with one attached hydrogen (secondary N) is 1. The Balaban J connectivity index is 1.49. The Hall–Kier alpha value is -2.58. The van der Waals surface area contributed by atoms with Crippen molar-refractivity contribution in [3.05, 3.63) is 54.1 Å². The van der Waals surface area contributed by atoms with Crippen molar-refractivity contribution in [1.29, 1.82) is 0 Å². The smallest absolute Gasteiger partial charge is 0.243 e. The maximum Gasteiger partial charge on any atom is 0.243 e. The van der Waals surface area contributed by atoms with Crippen molar-refractivity contribution in [3.8, 4) is 11.5 Å². The fraction of sp³-hybridized carbons (Fsp3) is 0.435. The van der Waals surface area contributed by atoms with E-state index in [1.54, 1.807) is 44.6 Å². The molecule has 1 heterocycles. The number of methoxy groups -OCH3 is 2. The molecular weight excluding hydrogens is 416 g/mol. The number of amides is 1. The van der Waals surface area contributed by atoms with E-state index >= 15 is 0 Å². The summed E-state index contributed by atoms with van der Waals surface area (Å²) in [7, 11) is -0.365. The molecule has 1 aliphatic rings. The van der Waals surface area contributed by atoms with Crippen LogP contribution in [0.1, 0.15) is 24.8 Å². The first kappa shape index (κ1) is 23.1. The molecule has 0 aromatic heterocycles. The summed E-state index contributed by atoms with van der Waals surface area (Å²) >= 11 is 0. The Morgan fingerprint density at radius 3 is 2.55 bits per heavy atom. The standard InChI is InChI=1S/C23H30N2O5S/c1-29-21-13-12-18(16-22(21)30-2)8-6-14-24-23(26)19-9-7-15-25(17-19)31(27,28)20-10-4-3-5-11-20/h3-5,10-13,16,19H,6-9,14-15,17H2,1-2H3,(H,24,26)/t19-/m0/s1. The van der Waals surface area contributed by atoms with Gasteiger partial charge in [0.2, 0.25) is 15.9 Å². The van der Waals surface area contributed by atoms with Gasteiger partial charge >= 0.3 is 0 Å². The van der Waals surface area contributed by atoms with Crippen molar-refractivity contribution < 1.29 is 22.7 Å². The predicted octanol–water partition coefficient (Wildman–Crippen LogP) is 2.85. The van der Waals surface area contributed by atoms with E-state index < -0.39 is 10.0 Å². The largest absolute Gasteiger partial charge is 0.493 e. The number of piperidine rings is 1. The van der Waals surface area contributed by atoms with E-state index in [4.69, 9.17) is 9.47 Å². The number of hydrogen-bond acceptors (Lipinski definition) is 5. The van der Waals surface area contributed by atoms with E-state index in [9.17, 15) is 13.2 Å². The number of ether oxygens (including phenoxy) is 2. The molecule has 8 heteroatoms. The summed E-state index contributed by atoms with van der Waals surface area (Å²) in [5, 5.41) is 2.97. The van der Waals surface area contributed by atoms with Gasteiger partial charge in [0, 0.05) is 19.6 Å². The summed E-state index contributed by atoms with van der Waals surface area (Å²) in [6, 6.07) is 14.2. The second kappa shape index (κ2) is 10.6. The van der Waals surface area contributed by atoms with Gasteiger partial charge in [-0.25, -0.2) is 8.42 Å². The zero-order chi connectivity index (χ0) is 22.3. The second-order valence-corrected chi connectivity index (χ2v) is 9.54. The van der Waals surface area contributed by atoms with Crippen molar-refractivity contribution in [2.24, 2.45) is 5.92 Å². The van der Waals surface area contributed by atoms with Crippen molar-refractivity contribution in [1.82, 2.24) is 9.62 Å². The van der Waals surface area contributed by atoms with Crippen LogP contribution in [0.25, 0.3) is 0 Å². The number of benzene rings is 2. The normalized spacial score (nSPS) is 17.2. The van der Waals surface area contributed by atoms with Crippen molar-refractivity contribution >= 4 is 15.9 Å². The molecule has 1 saturated heterocycles. The zero-order valence-electron chi connectivity index (χ0n) is 18.0. The number of carbonyl (C=O) groups excluding carboxylic acids is 1. The molecule has 0 radical (unpaired) electrons. The lowest BCUT2D eigenvalue weighted by Crippen LogP contribution is -2.45. The van der Waals surface area contributed by atoms with Crippen molar-refractivity contribution in [2.45, 2.75) is 30.6 Å². The van der Waals surface area contributed by atoms with E-state index in [0.29, 0.717) is 37.4 Å². The lowest BCUT2D eigenvalue weighted by molar-refractivity contribution is -0.126. The molecule has 0 saturated carbocycles. The van der Waals surface area contributed by atoms with E-state index in [1.165, 1.54) is 4.31 Å². The van der Waals surface area contributed by atoms with Crippen LogP contribution in [0, 0.1) is 5.92 Å². The number of carbonyl (C=O) groups is 1. The quantitative estimate of drug-likeness (QED) is 0.599. The van der Waals surface area contributed by atoms with Crippen LogP contribution in [0.5, 0.6) is 11.5 Å². The zero-order valence-corrected chi connectivity index (χ0v) is 18.9. The molecule has 1 fully saturated rings. The Labute approximate surface area is 184 Å². The molecule has 7 nitrogen and oxygen atoms in total. The van der Waals surface area contributed by atoms with E-state index in [0.717, 1.165) is 18.4 Å². The van der Waals surface area contributed by atoms with Crippen LogP contribution in [-0.4, -0.2) is 52.5 Å². The van der Waals surface area contributed by atoms with E-state index in [1.807, 2.05) is 18.2 Å². The van der Waals surface area contributed by atoms with Gasteiger partial charge < -0.3 is 14.8 Å². The molecule has 2 aromatic rings. The molecule has 1 N–H and O–H groups in total. The number of hydrogen-bond donors (Lipinski definition) is 1. The van der Waals surface area contributed by atoms with Crippen LogP contribution in [0.3, 0.4) is 0 Å². The number of rotatable bonds is 9. The van der Waals surface area contributed by atoms with Crippen LogP contribution in [-0.2, 0) is 21.2 Å². The van der Waals surface area contributed by atoms with Gasteiger partial charge in [-0.1, -0.05) is 24.3 Å². The first-order valence-electron chi connectivity index (χ1n) is 10.5. The number of aryl methyl sites for hydroxylation is 1. The third kappa shape index (κ3) is 5.77. The summed E-state index contributed by atoms with van der Waals surface area (Å²) in [4.78, 5) is 12.9. The maximum absolute atomic E-state index is 12.8. The number of nitrogens with zero attached hydrogens (tertiary/aromatic N) is 1. The fourth-order valence-electron chi connectivity index (χ4n) is 3.80. The molecule has 31 heavy (non-hydrogen) atoms. The molecule has 0 bridgehead atoms. The fourth-order valence-corrected chi connectivity index (χ4v) is 5.35. The molecule has 0 spiro atoms. The van der Waals surface area contributed by atoms with Gasteiger partial charge in [0.1, 0.15) is 0 Å². The molecular formula is C23H30N2O5S. The molecule has 1 amide bonds. The highest BCUT2D eigenvalue weighted by Crippen LogP contribution is 2.28. The van der Waals surface area contributed by atoms with E-state index in [2.05, 4.69) is 5.32 Å². The Kier molecular flexibility index (Phi) is 7.92. The van der Waals surface area contributed by atoms with Gasteiger partial charge in [-0.2, -0.15) is 4.31 Å². The Morgan fingerprint density at radius 2 is 1.84 bits per heavy atom. The Bertz CT molecular complexity index is 979. The minimum atomic E-state index is -3.57. The lowest BCUT2D eigenvalue weighted by atomic mass is 9.99. The second-order valence-electron chi connectivity index (χ2n) is 7.60. The number of sulfonamides is 1. The average Bonchev–Trinajstić information content (AvgIpc) is 2.82. The van der Waals surface area contributed by atoms with Gasteiger partial charge in [-0.3, -0.25) is 4.79 Å². The van der Waals surface area contributed by atoms with Crippen molar-refractivity contribution in [2.75, 3.05) is 33.9 Å². The predicted molar refractivity (Wildman–Crippen MR) is 119 cm³/mol. The van der Waals surface area contributed by atoms with Gasteiger partial charge in [0.15, 0.2) is 11.5 Å². The monoisotopic (exact) mass is 446 g/mol. The minimum absolute atomic E-state index is 0.0831. The van der Waals surface area contributed by atoms with Crippen molar-refractivity contribution in [3.63, 3.8) is 0 Å². The molecule has 0 unspecified atom stereocenters. The highest BCUT2D eigenvalue weighted by molar-refractivity contribution is 7.89. The summed E-state index contributed by atoms with van der Waals surface area (Å²) in [5.74, 6) is 0.964. The highest BCUT2D eigenvalue weighted by atomic mass is 32.2. The van der Waals surface area contributed by atoms with Crippen LogP contribution in [0.15, 0.2) is 53.4 Å². The third-order valence-corrected chi connectivity index (χ3v) is 7.40. The van der Waals surface area contributed by atoms with Gasteiger partial charge in [-0.15, -0.1) is 0 Å². The maximum atomic E-state index is 12.8.